The molecule has 0 bridgehead atoms. The number of hydrogen-bond acceptors (Lipinski definition) is 3. The molecule has 0 atom stereocenters. The normalized spacial score (nSPS) is 9.75. The van der Waals surface area contributed by atoms with Crippen molar-refractivity contribution in [2.75, 3.05) is 0 Å². The maximum atomic E-state index is 8.96. The van der Waals surface area contributed by atoms with Gasteiger partial charge < -0.3 is 0 Å². The van der Waals surface area contributed by atoms with E-state index in [9.17, 15) is 0 Å². The van der Waals surface area contributed by atoms with Gasteiger partial charge in [0.05, 0.1) is 5.56 Å². The summed E-state index contributed by atoms with van der Waals surface area (Å²) in [5.74, 6) is 0. The minimum absolute atomic E-state index is 0.649. The van der Waals surface area contributed by atoms with E-state index in [0.29, 0.717) is 5.56 Å². The highest BCUT2D eigenvalue weighted by Gasteiger charge is 2.05. The van der Waals surface area contributed by atoms with E-state index in [1.54, 1.807) is 18.5 Å². The number of aromatic nitrogens is 1. The first kappa shape index (κ1) is 11.2. The zero-order valence-corrected chi connectivity index (χ0v) is 10.6. The summed E-state index contributed by atoms with van der Waals surface area (Å²) in [5.41, 5.74) is 0.649. The van der Waals surface area contributed by atoms with Crippen LogP contribution in [0.2, 0.25) is 0 Å². The zero-order valence-electron chi connectivity index (χ0n) is 8.22. The van der Waals surface area contributed by atoms with Crippen molar-refractivity contribution in [3.05, 3.63) is 52.8 Å². The number of rotatable bonds is 2. The molecule has 2 aromatic rings. The van der Waals surface area contributed by atoms with Crippen LogP contribution in [0.25, 0.3) is 0 Å². The quantitative estimate of drug-likeness (QED) is 0.842. The molecule has 1 aromatic carbocycles. The van der Waals surface area contributed by atoms with Gasteiger partial charge in [0.25, 0.3) is 0 Å². The highest BCUT2D eigenvalue weighted by atomic mass is 79.9. The molecule has 0 unspecified atom stereocenters. The molecule has 0 aliphatic heterocycles. The molecule has 0 amide bonds. The molecule has 0 saturated carbocycles. The largest absolute Gasteiger partial charge is 0.263 e. The van der Waals surface area contributed by atoms with Crippen LogP contribution in [-0.2, 0) is 0 Å². The lowest BCUT2D eigenvalue weighted by Crippen LogP contribution is -1.83. The van der Waals surface area contributed by atoms with Gasteiger partial charge in [-0.05, 0) is 34.1 Å². The van der Waals surface area contributed by atoms with E-state index in [1.807, 2.05) is 24.3 Å². The second-order valence-corrected chi connectivity index (χ2v) is 4.95. The van der Waals surface area contributed by atoms with Gasteiger partial charge in [-0.15, -0.1) is 0 Å². The second-order valence-electron chi connectivity index (χ2n) is 3.02. The van der Waals surface area contributed by atoms with E-state index in [0.717, 1.165) is 14.3 Å². The topological polar surface area (TPSA) is 36.7 Å². The SMILES string of the molecule is N#Cc1ccncc1Sc1ccccc1Br. The van der Waals surface area contributed by atoms with Crippen LogP contribution in [0.5, 0.6) is 0 Å². The van der Waals surface area contributed by atoms with Crippen LogP contribution in [0, 0.1) is 11.3 Å². The number of halogens is 1. The first-order valence-corrected chi connectivity index (χ1v) is 6.18. The van der Waals surface area contributed by atoms with E-state index in [4.69, 9.17) is 5.26 Å². The molecule has 0 aliphatic rings. The van der Waals surface area contributed by atoms with E-state index >= 15 is 0 Å². The maximum absolute atomic E-state index is 8.96. The van der Waals surface area contributed by atoms with Gasteiger partial charge in [0, 0.05) is 26.7 Å². The number of benzene rings is 1. The fourth-order valence-corrected chi connectivity index (χ4v) is 2.61. The van der Waals surface area contributed by atoms with Gasteiger partial charge in [-0.2, -0.15) is 5.26 Å². The van der Waals surface area contributed by atoms with Crippen LogP contribution in [0.3, 0.4) is 0 Å². The first-order chi connectivity index (χ1) is 7.81. The summed E-state index contributed by atoms with van der Waals surface area (Å²) >= 11 is 5.01. The summed E-state index contributed by atoms with van der Waals surface area (Å²) in [6.07, 6.45) is 3.34. The molecule has 0 N–H and O–H groups in total. The van der Waals surface area contributed by atoms with Crippen molar-refractivity contribution in [3.8, 4) is 6.07 Å². The summed E-state index contributed by atoms with van der Waals surface area (Å²) in [4.78, 5) is 5.98. The van der Waals surface area contributed by atoms with Crippen molar-refractivity contribution in [3.63, 3.8) is 0 Å². The van der Waals surface area contributed by atoms with Crippen molar-refractivity contribution in [1.82, 2.24) is 4.98 Å². The van der Waals surface area contributed by atoms with Crippen LogP contribution in [0.1, 0.15) is 5.56 Å². The summed E-state index contributed by atoms with van der Waals surface area (Å²) in [5, 5.41) is 8.96. The Hall–Kier alpha value is -1.31. The summed E-state index contributed by atoms with van der Waals surface area (Å²) in [6.45, 7) is 0. The molecular weight excluding hydrogens is 284 g/mol. The molecule has 0 saturated heterocycles. The van der Waals surface area contributed by atoms with E-state index in [-0.39, 0.29) is 0 Å². The Labute approximate surface area is 106 Å². The van der Waals surface area contributed by atoms with Gasteiger partial charge in [0.15, 0.2) is 0 Å². The molecular formula is C12H7BrN2S. The fourth-order valence-electron chi connectivity index (χ4n) is 1.20. The van der Waals surface area contributed by atoms with Crippen LogP contribution < -0.4 is 0 Å². The predicted octanol–water partition coefficient (Wildman–Crippen LogP) is 3.87. The van der Waals surface area contributed by atoms with Crippen LogP contribution in [0.15, 0.2) is 57.0 Å². The average Bonchev–Trinajstić information content (AvgIpc) is 2.33. The van der Waals surface area contributed by atoms with Crippen LogP contribution in [-0.4, -0.2) is 4.98 Å². The molecule has 2 rings (SSSR count). The smallest absolute Gasteiger partial charge is 0.100 e. The van der Waals surface area contributed by atoms with Gasteiger partial charge in [-0.3, -0.25) is 4.98 Å². The molecule has 4 heteroatoms. The molecule has 0 aliphatic carbocycles. The third-order valence-corrected chi connectivity index (χ3v) is 4.04. The molecule has 1 aromatic heterocycles. The molecule has 2 nitrogen and oxygen atoms in total. The summed E-state index contributed by atoms with van der Waals surface area (Å²) in [6, 6.07) is 11.8. The van der Waals surface area contributed by atoms with E-state index in [1.165, 1.54) is 11.8 Å². The summed E-state index contributed by atoms with van der Waals surface area (Å²) < 4.78 is 1.02. The average molecular weight is 291 g/mol. The Morgan fingerprint density at radius 3 is 2.75 bits per heavy atom. The lowest BCUT2D eigenvalue weighted by Gasteiger charge is -2.04. The summed E-state index contributed by atoms with van der Waals surface area (Å²) in [7, 11) is 0. The van der Waals surface area contributed by atoms with E-state index < -0.39 is 0 Å². The monoisotopic (exact) mass is 290 g/mol. The van der Waals surface area contributed by atoms with Crippen molar-refractivity contribution in [2.24, 2.45) is 0 Å². The van der Waals surface area contributed by atoms with Gasteiger partial charge in [-0.1, -0.05) is 23.9 Å². The minimum atomic E-state index is 0.649. The molecule has 16 heavy (non-hydrogen) atoms. The lowest BCUT2D eigenvalue weighted by atomic mass is 10.3. The third kappa shape index (κ3) is 2.43. The highest BCUT2D eigenvalue weighted by molar-refractivity contribution is 9.10. The Balaban J connectivity index is 2.35. The van der Waals surface area contributed by atoms with Gasteiger partial charge >= 0.3 is 0 Å². The number of pyridine rings is 1. The fraction of sp³-hybridized carbons (Fsp3) is 0. The maximum Gasteiger partial charge on any atom is 0.100 e. The highest BCUT2D eigenvalue weighted by Crippen LogP contribution is 2.34. The van der Waals surface area contributed by atoms with Gasteiger partial charge in [0.2, 0.25) is 0 Å². The standard InChI is InChI=1S/C12H7BrN2S/c13-10-3-1-2-4-11(10)16-12-8-15-6-5-9(12)7-14/h1-6,8H. The zero-order chi connectivity index (χ0) is 11.4. The number of hydrogen-bond donors (Lipinski definition) is 0. The molecule has 78 valence electrons. The molecule has 0 radical (unpaired) electrons. The third-order valence-electron chi connectivity index (χ3n) is 1.96. The van der Waals surface area contributed by atoms with Crippen LogP contribution in [0.4, 0.5) is 0 Å². The molecule has 1 heterocycles. The Morgan fingerprint density at radius 2 is 2.00 bits per heavy atom. The number of nitriles is 1. The van der Waals surface area contributed by atoms with Crippen molar-refractivity contribution in [2.45, 2.75) is 9.79 Å². The van der Waals surface area contributed by atoms with Gasteiger partial charge in [0.1, 0.15) is 6.07 Å². The minimum Gasteiger partial charge on any atom is -0.263 e. The Morgan fingerprint density at radius 1 is 1.19 bits per heavy atom. The Kier molecular flexibility index (Phi) is 3.60. The lowest BCUT2D eigenvalue weighted by molar-refractivity contribution is 1.21. The van der Waals surface area contributed by atoms with Crippen LogP contribution >= 0.6 is 27.7 Å². The number of nitrogens with zero attached hydrogens (tertiary/aromatic N) is 2. The first-order valence-electron chi connectivity index (χ1n) is 4.58. The van der Waals surface area contributed by atoms with Gasteiger partial charge in [-0.25, -0.2) is 0 Å². The van der Waals surface area contributed by atoms with Crippen molar-refractivity contribution >= 4 is 27.7 Å². The molecule has 0 spiro atoms. The molecule has 0 fully saturated rings. The Bertz CT molecular complexity index is 549. The van der Waals surface area contributed by atoms with Crippen molar-refractivity contribution in [1.29, 1.82) is 5.26 Å². The van der Waals surface area contributed by atoms with Crippen molar-refractivity contribution < 1.29 is 0 Å². The second kappa shape index (κ2) is 5.15. The predicted molar refractivity (Wildman–Crippen MR) is 67.2 cm³/mol. The van der Waals surface area contributed by atoms with E-state index in [2.05, 4.69) is 27.0 Å².